The zero-order chi connectivity index (χ0) is 9.42. The summed E-state index contributed by atoms with van der Waals surface area (Å²) in [5.74, 6) is 0. The zero-order valence-corrected chi connectivity index (χ0v) is 8.88. The van der Waals surface area contributed by atoms with Crippen molar-refractivity contribution in [3.8, 4) is 6.07 Å². The van der Waals surface area contributed by atoms with Crippen LogP contribution < -0.4 is 0 Å². The number of thiophene rings is 1. The molecular weight excluding hydrogens is 222 g/mol. The number of hydrogen-bond donors (Lipinski definition) is 1. The fraction of sp³-hybridized carbons (Fsp3) is 0. The second-order valence-corrected chi connectivity index (χ2v) is 4.77. The SMILES string of the molecule is N#Cc1cc2sc(Cl)cc2cc1S. The minimum atomic E-state index is 0.592. The van der Waals surface area contributed by atoms with Gasteiger partial charge in [0, 0.05) is 9.60 Å². The molecular formula is C9H4ClNS2. The van der Waals surface area contributed by atoms with Crippen molar-refractivity contribution in [2.75, 3.05) is 0 Å². The van der Waals surface area contributed by atoms with E-state index >= 15 is 0 Å². The van der Waals surface area contributed by atoms with Gasteiger partial charge < -0.3 is 0 Å². The molecule has 0 saturated heterocycles. The van der Waals surface area contributed by atoms with Crippen molar-refractivity contribution < 1.29 is 0 Å². The van der Waals surface area contributed by atoms with Crippen LogP contribution in [0, 0.1) is 11.3 Å². The Hall–Kier alpha value is -0.690. The van der Waals surface area contributed by atoms with Gasteiger partial charge in [-0.05, 0) is 23.6 Å². The Balaban J connectivity index is 2.82. The molecule has 0 spiro atoms. The zero-order valence-electron chi connectivity index (χ0n) is 6.41. The smallest absolute Gasteiger partial charge is 0.100 e. The Bertz CT molecular complexity index is 510. The molecule has 0 amide bonds. The van der Waals surface area contributed by atoms with E-state index in [1.807, 2.05) is 18.2 Å². The molecule has 0 aliphatic heterocycles. The van der Waals surface area contributed by atoms with Gasteiger partial charge in [0.25, 0.3) is 0 Å². The standard InChI is InChI=1S/C9H4ClNS2/c10-9-3-5-1-7(12)6(4-11)2-8(5)13-9/h1-3,12H. The maximum atomic E-state index is 8.76. The predicted molar refractivity (Wildman–Crippen MR) is 58.8 cm³/mol. The normalized spacial score (nSPS) is 10.2. The quantitative estimate of drug-likeness (QED) is 0.679. The van der Waals surface area contributed by atoms with Crippen molar-refractivity contribution in [2.45, 2.75) is 4.90 Å². The highest BCUT2D eigenvalue weighted by Gasteiger charge is 2.04. The van der Waals surface area contributed by atoms with E-state index in [0.29, 0.717) is 10.5 Å². The number of nitriles is 1. The van der Waals surface area contributed by atoms with Crippen LogP contribution in [0.4, 0.5) is 0 Å². The first-order valence-electron chi connectivity index (χ1n) is 3.53. The number of fused-ring (bicyclic) bond motifs is 1. The first-order chi connectivity index (χ1) is 6.20. The number of benzene rings is 1. The lowest BCUT2D eigenvalue weighted by Gasteiger charge is -1.94. The number of rotatable bonds is 0. The van der Waals surface area contributed by atoms with Crippen LogP contribution >= 0.6 is 35.6 Å². The molecule has 4 heteroatoms. The molecule has 0 radical (unpaired) electrons. The fourth-order valence-corrected chi connectivity index (χ4v) is 2.56. The Labute approximate surface area is 90.0 Å². The largest absolute Gasteiger partial charge is 0.192 e. The summed E-state index contributed by atoms with van der Waals surface area (Å²) in [5, 5.41) is 9.80. The summed E-state index contributed by atoms with van der Waals surface area (Å²) in [6.07, 6.45) is 0. The molecule has 0 saturated carbocycles. The summed E-state index contributed by atoms with van der Waals surface area (Å²) >= 11 is 11.5. The molecule has 0 aliphatic rings. The first-order valence-corrected chi connectivity index (χ1v) is 5.17. The summed E-state index contributed by atoms with van der Waals surface area (Å²) in [6, 6.07) is 7.64. The van der Waals surface area contributed by atoms with Gasteiger partial charge >= 0.3 is 0 Å². The monoisotopic (exact) mass is 225 g/mol. The molecule has 1 aromatic carbocycles. The maximum absolute atomic E-state index is 8.76. The summed E-state index contributed by atoms with van der Waals surface area (Å²) in [6.45, 7) is 0. The first kappa shape index (κ1) is 8.89. The third-order valence-electron chi connectivity index (χ3n) is 1.73. The molecule has 0 bridgehead atoms. The summed E-state index contributed by atoms with van der Waals surface area (Å²) in [7, 11) is 0. The lowest BCUT2D eigenvalue weighted by Crippen LogP contribution is -1.75. The highest BCUT2D eigenvalue weighted by molar-refractivity contribution is 7.80. The third kappa shape index (κ3) is 1.53. The second kappa shape index (κ2) is 3.22. The Kier molecular flexibility index (Phi) is 2.20. The molecule has 1 nitrogen and oxygen atoms in total. The number of halogens is 1. The maximum Gasteiger partial charge on any atom is 0.100 e. The number of nitrogens with zero attached hydrogens (tertiary/aromatic N) is 1. The van der Waals surface area contributed by atoms with E-state index in [0.717, 1.165) is 14.4 Å². The average Bonchev–Trinajstić information content (AvgIpc) is 2.42. The Morgan fingerprint density at radius 1 is 1.38 bits per heavy atom. The summed E-state index contributed by atoms with van der Waals surface area (Å²) < 4.78 is 1.76. The topological polar surface area (TPSA) is 23.8 Å². The van der Waals surface area contributed by atoms with Crippen LogP contribution in [-0.2, 0) is 0 Å². The van der Waals surface area contributed by atoms with Crippen molar-refractivity contribution in [3.63, 3.8) is 0 Å². The van der Waals surface area contributed by atoms with Gasteiger partial charge in [0.2, 0.25) is 0 Å². The van der Waals surface area contributed by atoms with Crippen LogP contribution in [0.15, 0.2) is 23.1 Å². The van der Waals surface area contributed by atoms with Crippen molar-refractivity contribution in [2.24, 2.45) is 0 Å². The molecule has 64 valence electrons. The summed E-state index contributed by atoms with van der Waals surface area (Å²) in [4.78, 5) is 0.699. The van der Waals surface area contributed by atoms with Crippen LogP contribution in [0.5, 0.6) is 0 Å². The molecule has 0 N–H and O–H groups in total. The van der Waals surface area contributed by atoms with Gasteiger partial charge in [0.15, 0.2) is 0 Å². The van der Waals surface area contributed by atoms with Crippen LogP contribution in [0.1, 0.15) is 5.56 Å². The van der Waals surface area contributed by atoms with Gasteiger partial charge in [-0.25, -0.2) is 0 Å². The van der Waals surface area contributed by atoms with Crippen LogP contribution in [0.2, 0.25) is 4.34 Å². The van der Waals surface area contributed by atoms with Gasteiger partial charge in [0.1, 0.15) is 6.07 Å². The van der Waals surface area contributed by atoms with Crippen LogP contribution in [-0.4, -0.2) is 0 Å². The lowest BCUT2D eigenvalue weighted by atomic mass is 10.2. The second-order valence-electron chi connectivity index (χ2n) is 2.57. The number of hydrogen-bond acceptors (Lipinski definition) is 3. The van der Waals surface area contributed by atoms with E-state index in [2.05, 4.69) is 18.7 Å². The van der Waals surface area contributed by atoms with Crippen LogP contribution in [0.3, 0.4) is 0 Å². The minimum absolute atomic E-state index is 0.592. The van der Waals surface area contributed by atoms with E-state index in [4.69, 9.17) is 16.9 Å². The number of thiol groups is 1. The molecule has 2 rings (SSSR count). The minimum Gasteiger partial charge on any atom is -0.192 e. The third-order valence-corrected chi connectivity index (χ3v) is 3.32. The molecule has 13 heavy (non-hydrogen) atoms. The van der Waals surface area contributed by atoms with E-state index in [9.17, 15) is 0 Å². The molecule has 2 aromatic rings. The predicted octanol–water partition coefficient (Wildman–Crippen LogP) is 3.72. The van der Waals surface area contributed by atoms with Gasteiger partial charge in [-0.15, -0.1) is 24.0 Å². The van der Waals surface area contributed by atoms with Gasteiger partial charge in [-0.2, -0.15) is 5.26 Å². The Morgan fingerprint density at radius 2 is 2.15 bits per heavy atom. The molecule has 0 atom stereocenters. The molecule has 0 fully saturated rings. The fourth-order valence-electron chi connectivity index (χ4n) is 1.13. The van der Waals surface area contributed by atoms with E-state index in [1.54, 1.807) is 0 Å². The summed E-state index contributed by atoms with van der Waals surface area (Å²) in [5.41, 5.74) is 0.592. The van der Waals surface area contributed by atoms with Crippen molar-refractivity contribution in [3.05, 3.63) is 28.1 Å². The Morgan fingerprint density at radius 3 is 2.85 bits per heavy atom. The van der Waals surface area contributed by atoms with Gasteiger partial charge in [-0.1, -0.05) is 11.6 Å². The van der Waals surface area contributed by atoms with Crippen molar-refractivity contribution in [1.82, 2.24) is 0 Å². The van der Waals surface area contributed by atoms with Crippen molar-refractivity contribution in [1.29, 1.82) is 5.26 Å². The van der Waals surface area contributed by atoms with Gasteiger partial charge in [0.05, 0.1) is 9.90 Å². The van der Waals surface area contributed by atoms with Crippen molar-refractivity contribution >= 4 is 45.7 Å². The molecule has 0 unspecified atom stereocenters. The van der Waals surface area contributed by atoms with Crippen LogP contribution in [0.25, 0.3) is 10.1 Å². The lowest BCUT2D eigenvalue weighted by molar-refractivity contribution is 1.41. The van der Waals surface area contributed by atoms with Gasteiger partial charge in [-0.3, -0.25) is 0 Å². The van der Waals surface area contributed by atoms with E-state index in [-0.39, 0.29) is 0 Å². The molecule has 1 heterocycles. The average molecular weight is 226 g/mol. The highest BCUT2D eigenvalue weighted by atomic mass is 35.5. The van der Waals surface area contributed by atoms with E-state index in [1.165, 1.54) is 11.3 Å². The molecule has 0 aliphatic carbocycles. The highest BCUT2D eigenvalue weighted by Crippen LogP contribution is 2.32. The van der Waals surface area contributed by atoms with E-state index < -0.39 is 0 Å². The molecule has 1 aromatic heterocycles.